The fourth-order valence-electron chi connectivity index (χ4n) is 3.42. The van der Waals surface area contributed by atoms with Crippen LogP contribution in [0.25, 0.3) is 0 Å². The Hall–Kier alpha value is -0.650. The summed E-state index contributed by atoms with van der Waals surface area (Å²) >= 11 is 0. The normalized spacial score (nSPS) is 32.1. The van der Waals surface area contributed by atoms with Crippen LogP contribution in [-0.2, 0) is 14.3 Å². The van der Waals surface area contributed by atoms with Crippen molar-refractivity contribution >= 4 is 5.97 Å². The highest BCUT2D eigenvalue weighted by atomic mass is 16.5. The zero-order valence-corrected chi connectivity index (χ0v) is 11.9. The number of carboxylic acids is 1. The summed E-state index contributed by atoms with van der Waals surface area (Å²) in [6.07, 6.45) is 6.15. The van der Waals surface area contributed by atoms with Crippen molar-refractivity contribution in [1.29, 1.82) is 0 Å². The number of methoxy groups -OCH3 is 2. The molecule has 2 atom stereocenters. The second-order valence-electron chi connectivity index (χ2n) is 5.72. The van der Waals surface area contributed by atoms with E-state index in [9.17, 15) is 9.90 Å². The molecule has 1 heterocycles. The average molecular weight is 271 g/mol. The van der Waals surface area contributed by atoms with Gasteiger partial charge in [-0.1, -0.05) is 0 Å². The Morgan fingerprint density at radius 2 is 1.95 bits per heavy atom. The van der Waals surface area contributed by atoms with Crippen molar-refractivity contribution in [2.45, 2.75) is 56.3 Å². The number of aliphatic carboxylic acids is 1. The van der Waals surface area contributed by atoms with Crippen LogP contribution in [0, 0.1) is 0 Å². The van der Waals surface area contributed by atoms with E-state index in [1.165, 1.54) is 20.0 Å². The topological polar surface area (TPSA) is 59.0 Å². The SMILES string of the molecule is COC1CCCC(N2CCC(OC)(C(=O)O)CC2)C1. The first kappa shape index (κ1) is 14.8. The van der Waals surface area contributed by atoms with Gasteiger partial charge in [0.2, 0.25) is 0 Å². The number of carboxylic acid groups (broad SMARTS) is 1. The minimum atomic E-state index is -0.966. The molecular weight excluding hydrogens is 246 g/mol. The van der Waals surface area contributed by atoms with Crippen LogP contribution >= 0.6 is 0 Å². The highest BCUT2D eigenvalue weighted by molar-refractivity contribution is 5.77. The fraction of sp³-hybridized carbons (Fsp3) is 0.929. The number of nitrogens with zero attached hydrogens (tertiary/aromatic N) is 1. The Balaban J connectivity index is 1.90. The molecule has 0 aromatic rings. The Bertz CT molecular complexity index is 313. The monoisotopic (exact) mass is 271 g/mol. The van der Waals surface area contributed by atoms with E-state index in [2.05, 4.69) is 4.90 Å². The van der Waals surface area contributed by atoms with Crippen LogP contribution in [0.5, 0.6) is 0 Å². The van der Waals surface area contributed by atoms with Gasteiger partial charge in [0.05, 0.1) is 6.10 Å². The van der Waals surface area contributed by atoms with E-state index in [1.54, 1.807) is 7.11 Å². The molecule has 110 valence electrons. The van der Waals surface area contributed by atoms with Gasteiger partial charge in [0, 0.05) is 33.4 Å². The minimum absolute atomic E-state index is 0.368. The maximum Gasteiger partial charge on any atom is 0.336 e. The predicted octanol–water partition coefficient (Wildman–Crippen LogP) is 1.51. The van der Waals surface area contributed by atoms with Gasteiger partial charge in [-0.2, -0.15) is 0 Å². The lowest BCUT2D eigenvalue weighted by molar-refractivity contribution is -0.169. The summed E-state index contributed by atoms with van der Waals surface area (Å²) in [4.78, 5) is 13.7. The summed E-state index contributed by atoms with van der Waals surface area (Å²) in [5.41, 5.74) is -0.966. The number of carbonyl (C=O) groups is 1. The number of hydrogen-bond acceptors (Lipinski definition) is 4. The molecule has 19 heavy (non-hydrogen) atoms. The number of ether oxygens (including phenoxy) is 2. The molecule has 2 aliphatic rings. The van der Waals surface area contributed by atoms with Gasteiger partial charge in [-0.3, -0.25) is 0 Å². The van der Waals surface area contributed by atoms with Crippen molar-refractivity contribution in [1.82, 2.24) is 4.90 Å². The first-order valence-electron chi connectivity index (χ1n) is 7.16. The molecule has 0 amide bonds. The smallest absolute Gasteiger partial charge is 0.336 e. The first-order chi connectivity index (χ1) is 9.11. The molecule has 0 bridgehead atoms. The molecule has 0 radical (unpaired) electrons. The Labute approximate surface area is 114 Å². The van der Waals surface area contributed by atoms with E-state index in [-0.39, 0.29) is 0 Å². The van der Waals surface area contributed by atoms with Gasteiger partial charge in [-0.05, 0) is 38.5 Å². The molecule has 1 aliphatic carbocycles. The Kier molecular flexibility index (Phi) is 4.81. The van der Waals surface area contributed by atoms with Gasteiger partial charge in [0.25, 0.3) is 0 Å². The molecule has 2 unspecified atom stereocenters. The zero-order valence-electron chi connectivity index (χ0n) is 11.9. The predicted molar refractivity (Wildman–Crippen MR) is 71.2 cm³/mol. The van der Waals surface area contributed by atoms with Crippen LogP contribution in [0.15, 0.2) is 0 Å². The standard InChI is InChI=1S/C14H25NO4/c1-18-12-5-3-4-11(10-12)15-8-6-14(19-2,7-9-15)13(16)17/h11-12H,3-10H2,1-2H3,(H,16,17). The van der Waals surface area contributed by atoms with Crippen molar-refractivity contribution in [3.63, 3.8) is 0 Å². The lowest BCUT2D eigenvalue weighted by Crippen LogP contribution is -2.54. The number of rotatable bonds is 4. The van der Waals surface area contributed by atoms with Crippen LogP contribution in [0.2, 0.25) is 0 Å². The molecule has 2 fully saturated rings. The first-order valence-corrected chi connectivity index (χ1v) is 7.16. The number of hydrogen-bond donors (Lipinski definition) is 1. The van der Waals surface area contributed by atoms with Crippen LogP contribution in [0.3, 0.4) is 0 Å². The number of likely N-dealkylation sites (tertiary alicyclic amines) is 1. The van der Waals surface area contributed by atoms with E-state index in [1.807, 2.05) is 0 Å². The van der Waals surface area contributed by atoms with Gasteiger partial charge >= 0.3 is 5.97 Å². The van der Waals surface area contributed by atoms with Gasteiger partial charge in [0.15, 0.2) is 5.60 Å². The lowest BCUT2D eigenvalue weighted by Gasteiger charge is -2.43. The number of piperidine rings is 1. The van der Waals surface area contributed by atoms with Gasteiger partial charge in [0.1, 0.15) is 0 Å². The van der Waals surface area contributed by atoms with Gasteiger partial charge in [-0.25, -0.2) is 4.79 Å². The van der Waals surface area contributed by atoms with Crippen molar-refractivity contribution in [3.05, 3.63) is 0 Å². The third-order valence-corrected chi connectivity index (χ3v) is 4.83. The van der Waals surface area contributed by atoms with Crippen molar-refractivity contribution < 1.29 is 19.4 Å². The van der Waals surface area contributed by atoms with E-state index in [0.29, 0.717) is 25.0 Å². The van der Waals surface area contributed by atoms with Gasteiger partial charge < -0.3 is 19.5 Å². The molecule has 0 aromatic heterocycles. The highest BCUT2D eigenvalue weighted by Gasteiger charge is 2.43. The van der Waals surface area contributed by atoms with Crippen LogP contribution < -0.4 is 0 Å². The van der Waals surface area contributed by atoms with Crippen LogP contribution in [0.4, 0.5) is 0 Å². The Morgan fingerprint density at radius 1 is 1.26 bits per heavy atom. The average Bonchev–Trinajstić information content (AvgIpc) is 2.47. The molecule has 0 spiro atoms. The van der Waals surface area contributed by atoms with Crippen LogP contribution in [-0.4, -0.2) is 61.0 Å². The maximum atomic E-state index is 11.3. The van der Waals surface area contributed by atoms with Crippen molar-refractivity contribution in [2.24, 2.45) is 0 Å². The van der Waals surface area contributed by atoms with E-state index >= 15 is 0 Å². The fourth-order valence-corrected chi connectivity index (χ4v) is 3.42. The highest BCUT2D eigenvalue weighted by Crippen LogP contribution is 2.31. The molecule has 5 nitrogen and oxygen atoms in total. The summed E-state index contributed by atoms with van der Waals surface area (Å²) in [6.45, 7) is 1.61. The molecular formula is C14H25NO4. The third kappa shape index (κ3) is 3.09. The Morgan fingerprint density at radius 3 is 2.47 bits per heavy atom. The molecule has 0 aromatic carbocycles. The third-order valence-electron chi connectivity index (χ3n) is 4.83. The lowest BCUT2D eigenvalue weighted by atomic mass is 9.86. The maximum absolute atomic E-state index is 11.3. The summed E-state index contributed by atoms with van der Waals surface area (Å²) in [5, 5.41) is 9.30. The van der Waals surface area contributed by atoms with Crippen molar-refractivity contribution in [2.75, 3.05) is 27.3 Å². The molecule has 1 N–H and O–H groups in total. The van der Waals surface area contributed by atoms with Crippen molar-refractivity contribution in [3.8, 4) is 0 Å². The largest absolute Gasteiger partial charge is 0.479 e. The molecule has 1 saturated carbocycles. The molecule has 1 saturated heterocycles. The molecule has 2 rings (SSSR count). The van der Waals surface area contributed by atoms with E-state index < -0.39 is 11.6 Å². The summed E-state index contributed by atoms with van der Waals surface area (Å²) < 4.78 is 10.7. The minimum Gasteiger partial charge on any atom is -0.479 e. The summed E-state index contributed by atoms with van der Waals surface area (Å²) in [6, 6.07) is 0.544. The quantitative estimate of drug-likeness (QED) is 0.840. The molecule has 5 heteroatoms. The second-order valence-corrected chi connectivity index (χ2v) is 5.72. The van der Waals surface area contributed by atoms with E-state index in [0.717, 1.165) is 25.9 Å². The molecule has 1 aliphatic heterocycles. The van der Waals surface area contributed by atoms with E-state index in [4.69, 9.17) is 9.47 Å². The van der Waals surface area contributed by atoms with Gasteiger partial charge in [-0.15, -0.1) is 0 Å². The second kappa shape index (κ2) is 6.20. The zero-order chi connectivity index (χ0) is 13.9. The summed E-state index contributed by atoms with van der Waals surface area (Å²) in [7, 11) is 3.29. The summed E-state index contributed by atoms with van der Waals surface area (Å²) in [5.74, 6) is -0.826. The van der Waals surface area contributed by atoms with Crippen LogP contribution in [0.1, 0.15) is 38.5 Å².